The topological polar surface area (TPSA) is 101 Å². The number of hydrogen-bond acceptors (Lipinski definition) is 7. The zero-order chi connectivity index (χ0) is 27.3. The standard InChI is InChI=1S/C26H32F3N5O4/c1-2-3-25(35)33-14-12-32(13-15-33)24-17-21(10-11-30-24)38-20-7-4-18(5-8-20)31-19-6-9-23(34(36)37)22(16-19)26(27,28)29/h6,9-11,16-18,20,31H,2-5,7-8,12-15H2,1H3/t18-,20-. The summed E-state index contributed by atoms with van der Waals surface area (Å²) >= 11 is 0. The fourth-order valence-electron chi connectivity index (χ4n) is 4.97. The molecule has 1 aromatic carbocycles. The van der Waals surface area contributed by atoms with Crippen LogP contribution >= 0.6 is 0 Å². The highest BCUT2D eigenvalue weighted by Gasteiger charge is 2.38. The number of piperazine rings is 1. The van der Waals surface area contributed by atoms with Crippen molar-refractivity contribution in [2.45, 2.75) is 63.8 Å². The number of amides is 1. The molecule has 0 atom stereocenters. The van der Waals surface area contributed by atoms with Gasteiger partial charge in [-0.25, -0.2) is 4.98 Å². The number of ether oxygens (including phenoxy) is 1. The lowest BCUT2D eigenvalue weighted by molar-refractivity contribution is -0.388. The van der Waals surface area contributed by atoms with Crippen LogP contribution in [0.15, 0.2) is 36.5 Å². The second-order valence-corrected chi connectivity index (χ2v) is 9.69. The van der Waals surface area contributed by atoms with Gasteiger partial charge in [0.15, 0.2) is 0 Å². The number of nitro benzene ring substituents is 1. The van der Waals surface area contributed by atoms with E-state index in [1.54, 1.807) is 6.20 Å². The van der Waals surface area contributed by atoms with Gasteiger partial charge in [-0.15, -0.1) is 0 Å². The average molecular weight is 536 g/mol. The lowest BCUT2D eigenvalue weighted by Crippen LogP contribution is -2.49. The predicted molar refractivity (Wildman–Crippen MR) is 136 cm³/mol. The second kappa shape index (κ2) is 11.9. The number of carbonyl (C=O) groups excluding carboxylic acids is 1. The van der Waals surface area contributed by atoms with Crippen molar-refractivity contribution >= 4 is 23.1 Å². The fraction of sp³-hybridized carbons (Fsp3) is 0.538. The molecule has 206 valence electrons. The number of halogens is 3. The predicted octanol–water partition coefficient (Wildman–Crippen LogP) is 5.26. The first kappa shape index (κ1) is 27.5. The van der Waals surface area contributed by atoms with Crippen LogP contribution in [0.5, 0.6) is 5.75 Å². The molecule has 2 aromatic rings. The van der Waals surface area contributed by atoms with Gasteiger partial charge >= 0.3 is 6.18 Å². The molecule has 38 heavy (non-hydrogen) atoms. The van der Waals surface area contributed by atoms with E-state index in [4.69, 9.17) is 4.74 Å². The normalized spacial score (nSPS) is 20.2. The highest BCUT2D eigenvalue weighted by molar-refractivity contribution is 5.76. The molecule has 0 spiro atoms. The van der Waals surface area contributed by atoms with Gasteiger partial charge in [0, 0.05) is 62.7 Å². The van der Waals surface area contributed by atoms with E-state index < -0.39 is 22.4 Å². The molecule has 1 saturated heterocycles. The molecule has 0 radical (unpaired) electrons. The van der Waals surface area contributed by atoms with Crippen molar-refractivity contribution in [2.24, 2.45) is 0 Å². The van der Waals surface area contributed by atoms with Crippen LogP contribution in [0.1, 0.15) is 51.0 Å². The molecule has 1 aliphatic carbocycles. The number of rotatable bonds is 8. The van der Waals surface area contributed by atoms with E-state index in [9.17, 15) is 28.1 Å². The molecular formula is C26H32F3N5O4. The zero-order valence-electron chi connectivity index (χ0n) is 21.2. The van der Waals surface area contributed by atoms with Crippen LogP contribution < -0.4 is 15.0 Å². The first-order chi connectivity index (χ1) is 18.1. The van der Waals surface area contributed by atoms with E-state index in [1.807, 2.05) is 24.0 Å². The molecule has 1 saturated carbocycles. The number of benzene rings is 1. The number of nitro groups is 1. The number of hydrogen-bond donors (Lipinski definition) is 1. The number of nitrogens with zero attached hydrogens (tertiary/aromatic N) is 4. The Labute approximate surface area is 219 Å². The molecule has 9 nitrogen and oxygen atoms in total. The minimum Gasteiger partial charge on any atom is -0.490 e. The SMILES string of the molecule is CCCC(=O)N1CCN(c2cc(O[C@H]3CC[C@H](Nc4ccc([N+](=O)[O-])c(C(F)(F)F)c4)CC3)ccn2)CC1. The molecule has 2 heterocycles. The lowest BCUT2D eigenvalue weighted by Gasteiger charge is -2.35. The Hall–Kier alpha value is -3.57. The van der Waals surface area contributed by atoms with E-state index in [0.717, 1.165) is 24.4 Å². The molecule has 2 aliphatic rings. The third-order valence-electron chi connectivity index (χ3n) is 6.98. The molecular weight excluding hydrogens is 503 g/mol. The summed E-state index contributed by atoms with van der Waals surface area (Å²) in [5, 5.41) is 14.1. The molecule has 2 fully saturated rings. The number of carbonyl (C=O) groups is 1. The summed E-state index contributed by atoms with van der Waals surface area (Å²) in [6, 6.07) is 6.67. The van der Waals surface area contributed by atoms with Crippen LogP contribution in [-0.2, 0) is 11.0 Å². The minimum atomic E-state index is -4.81. The molecule has 1 aliphatic heterocycles. The fourth-order valence-corrected chi connectivity index (χ4v) is 4.97. The van der Waals surface area contributed by atoms with Gasteiger partial charge in [-0.1, -0.05) is 6.92 Å². The Balaban J connectivity index is 1.29. The van der Waals surface area contributed by atoms with Gasteiger partial charge in [-0.2, -0.15) is 13.2 Å². The Kier molecular flexibility index (Phi) is 8.58. The van der Waals surface area contributed by atoms with Gasteiger partial charge in [0.05, 0.1) is 11.0 Å². The number of nitrogens with one attached hydrogen (secondary N) is 1. The molecule has 4 rings (SSSR count). The summed E-state index contributed by atoms with van der Waals surface area (Å²) in [5.41, 5.74) is -2.00. The van der Waals surface area contributed by atoms with Crippen LogP contribution in [-0.4, -0.2) is 59.0 Å². The van der Waals surface area contributed by atoms with Gasteiger partial charge in [0.1, 0.15) is 17.1 Å². The molecule has 0 bridgehead atoms. The van der Waals surface area contributed by atoms with Crippen LogP contribution in [0.25, 0.3) is 0 Å². The Morgan fingerprint density at radius 3 is 2.47 bits per heavy atom. The van der Waals surface area contributed by atoms with E-state index in [2.05, 4.69) is 15.2 Å². The Morgan fingerprint density at radius 1 is 1.13 bits per heavy atom. The van der Waals surface area contributed by atoms with E-state index >= 15 is 0 Å². The summed E-state index contributed by atoms with van der Waals surface area (Å²) in [7, 11) is 0. The minimum absolute atomic E-state index is 0.0330. The second-order valence-electron chi connectivity index (χ2n) is 9.69. The summed E-state index contributed by atoms with van der Waals surface area (Å²) < 4.78 is 46.0. The van der Waals surface area contributed by atoms with Gasteiger partial charge in [-0.3, -0.25) is 14.9 Å². The summed E-state index contributed by atoms with van der Waals surface area (Å²) in [4.78, 5) is 30.6. The van der Waals surface area contributed by atoms with Crippen LogP contribution in [0.4, 0.5) is 30.4 Å². The Bertz CT molecular complexity index is 1130. The van der Waals surface area contributed by atoms with E-state index in [1.165, 1.54) is 6.07 Å². The third-order valence-corrected chi connectivity index (χ3v) is 6.98. The van der Waals surface area contributed by atoms with Crippen LogP contribution in [0.2, 0.25) is 0 Å². The third kappa shape index (κ3) is 6.84. The van der Waals surface area contributed by atoms with Gasteiger partial charge in [0.25, 0.3) is 5.69 Å². The molecule has 0 unspecified atom stereocenters. The quantitative estimate of drug-likeness (QED) is 0.364. The largest absolute Gasteiger partial charge is 0.490 e. The van der Waals surface area contributed by atoms with Gasteiger partial charge < -0.3 is 19.9 Å². The van der Waals surface area contributed by atoms with Crippen molar-refractivity contribution in [3.8, 4) is 5.75 Å². The van der Waals surface area contributed by atoms with Crippen molar-refractivity contribution in [3.63, 3.8) is 0 Å². The first-order valence-corrected chi connectivity index (χ1v) is 12.9. The number of aromatic nitrogens is 1. The highest BCUT2D eigenvalue weighted by Crippen LogP contribution is 2.38. The molecule has 1 amide bonds. The number of alkyl halides is 3. The van der Waals surface area contributed by atoms with E-state index in [0.29, 0.717) is 64.0 Å². The maximum Gasteiger partial charge on any atom is 0.423 e. The number of anilines is 2. The van der Waals surface area contributed by atoms with Gasteiger partial charge in [-0.05, 0) is 50.3 Å². The van der Waals surface area contributed by atoms with Crippen molar-refractivity contribution in [1.82, 2.24) is 9.88 Å². The molecule has 1 N–H and O–H groups in total. The maximum atomic E-state index is 13.3. The van der Waals surface area contributed by atoms with E-state index in [-0.39, 0.29) is 23.7 Å². The lowest BCUT2D eigenvalue weighted by atomic mass is 9.92. The number of pyridine rings is 1. The molecule has 1 aromatic heterocycles. The van der Waals surface area contributed by atoms with Crippen molar-refractivity contribution in [3.05, 3.63) is 52.2 Å². The Morgan fingerprint density at radius 2 is 1.84 bits per heavy atom. The summed E-state index contributed by atoms with van der Waals surface area (Å²) in [6.07, 6.45) is 1.08. The van der Waals surface area contributed by atoms with Crippen molar-refractivity contribution in [1.29, 1.82) is 0 Å². The van der Waals surface area contributed by atoms with Crippen LogP contribution in [0, 0.1) is 10.1 Å². The molecule has 12 heteroatoms. The first-order valence-electron chi connectivity index (χ1n) is 12.9. The van der Waals surface area contributed by atoms with Crippen molar-refractivity contribution < 1.29 is 27.6 Å². The maximum absolute atomic E-state index is 13.3. The monoisotopic (exact) mass is 535 g/mol. The zero-order valence-corrected chi connectivity index (χ0v) is 21.2. The van der Waals surface area contributed by atoms with Crippen LogP contribution in [0.3, 0.4) is 0 Å². The highest BCUT2D eigenvalue weighted by atomic mass is 19.4. The average Bonchev–Trinajstić information content (AvgIpc) is 2.89. The smallest absolute Gasteiger partial charge is 0.423 e. The van der Waals surface area contributed by atoms with Crippen molar-refractivity contribution in [2.75, 3.05) is 36.4 Å². The summed E-state index contributed by atoms with van der Waals surface area (Å²) in [5.74, 6) is 1.71. The summed E-state index contributed by atoms with van der Waals surface area (Å²) in [6.45, 7) is 4.76. The van der Waals surface area contributed by atoms with Gasteiger partial charge in [0.2, 0.25) is 5.91 Å².